The van der Waals surface area contributed by atoms with Crippen LogP contribution in [-0.4, -0.2) is 40.8 Å². The quantitative estimate of drug-likeness (QED) is 0.598. The third-order valence-corrected chi connectivity index (χ3v) is 5.47. The van der Waals surface area contributed by atoms with E-state index in [-0.39, 0.29) is 5.56 Å². The smallest absolute Gasteiger partial charge is 0.255 e. The SMILES string of the molecule is CCOc1cnccc1-c1cc(=O)n(C)c(N2CCO[C@@H](c3c(F)cccc3Cl)C2)n1. The fraction of sp³-hybridized carbons (Fsp3) is 0.318. The van der Waals surface area contributed by atoms with Gasteiger partial charge in [0.1, 0.15) is 17.7 Å². The van der Waals surface area contributed by atoms with Crippen LogP contribution in [-0.2, 0) is 11.8 Å². The van der Waals surface area contributed by atoms with Crippen LogP contribution in [0.15, 0.2) is 47.5 Å². The number of ether oxygens (including phenoxy) is 2. The zero-order chi connectivity index (χ0) is 22.0. The molecule has 0 unspecified atom stereocenters. The van der Waals surface area contributed by atoms with Crippen molar-refractivity contribution in [1.82, 2.24) is 14.5 Å². The number of hydrogen-bond donors (Lipinski definition) is 0. The van der Waals surface area contributed by atoms with Crippen molar-refractivity contribution in [3.05, 3.63) is 69.5 Å². The predicted octanol–water partition coefficient (Wildman–Crippen LogP) is 3.61. The van der Waals surface area contributed by atoms with E-state index in [0.717, 1.165) is 0 Å². The fourth-order valence-electron chi connectivity index (χ4n) is 3.63. The molecule has 31 heavy (non-hydrogen) atoms. The lowest BCUT2D eigenvalue weighted by molar-refractivity contribution is 0.0368. The molecule has 3 aromatic rings. The van der Waals surface area contributed by atoms with Crippen LogP contribution in [0, 0.1) is 5.82 Å². The molecule has 2 aromatic heterocycles. The predicted molar refractivity (Wildman–Crippen MR) is 116 cm³/mol. The molecule has 0 amide bonds. The number of anilines is 1. The van der Waals surface area contributed by atoms with E-state index in [0.29, 0.717) is 59.8 Å². The zero-order valence-electron chi connectivity index (χ0n) is 17.2. The van der Waals surface area contributed by atoms with Crippen LogP contribution < -0.4 is 15.2 Å². The first-order valence-electron chi connectivity index (χ1n) is 9.95. The van der Waals surface area contributed by atoms with Crippen LogP contribution in [0.2, 0.25) is 5.02 Å². The monoisotopic (exact) mass is 444 g/mol. The Labute approximate surface area is 184 Å². The van der Waals surface area contributed by atoms with Gasteiger partial charge in [0.2, 0.25) is 5.95 Å². The van der Waals surface area contributed by atoms with Crippen molar-refractivity contribution in [3.8, 4) is 17.0 Å². The normalized spacial score (nSPS) is 16.4. The van der Waals surface area contributed by atoms with Crippen molar-refractivity contribution in [2.75, 3.05) is 31.2 Å². The summed E-state index contributed by atoms with van der Waals surface area (Å²) in [4.78, 5) is 23.5. The molecule has 4 rings (SSSR count). The van der Waals surface area contributed by atoms with Gasteiger partial charge in [-0.15, -0.1) is 0 Å². The highest BCUT2D eigenvalue weighted by molar-refractivity contribution is 6.31. The van der Waals surface area contributed by atoms with Crippen molar-refractivity contribution in [1.29, 1.82) is 0 Å². The molecule has 0 saturated carbocycles. The first-order chi connectivity index (χ1) is 15.0. The maximum absolute atomic E-state index is 14.4. The van der Waals surface area contributed by atoms with E-state index in [4.69, 9.17) is 26.1 Å². The molecule has 162 valence electrons. The van der Waals surface area contributed by atoms with Crippen molar-refractivity contribution >= 4 is 17.5 Å². The number of benzene rings is 1. The molecule has 1 aliphatic heterocycles. The van der Waals surface area contributed by atoms with Crippen molar-refractivity contribution in [2.45, 2.75) is 13.0 Å². The lowest BCUT2D eigenvalue weighted by atomic mass is 10.1. The second-order valence-electron chi connectivity index (χ2n) is 7.08. The van der Waals surface area contributed by atoms with Gasteiger partial charge < -0.3 is 14.4 Å². The topological polar surface area (TPSA) is 69.5 Å². The summed E-state index contributed by atoms with van der Waals surface area (Å²) in [5.74, 6) is 0.588. The van der Waals surface area contributed by atoms with E-state index in [2.05, 4.69) is 4.98 Å². The van der Waals surface area contributed by atoms with E-state index < -0.39 is 11.9 Å². The standard InChI is InChI=1S/C22H22ClFN4O3/c1-3-30-18-12-25-8-7-14(18)17-11-20(29)27(2)22(26-17)28-9-10-31-19(13-28)21-15(23)5-4-6-16(21)24/h4-8,11-12,19H,3,9-10,13H2,1-2H3/t19-/m1/s1. The maximum Gasteiger partial charge on any atom is 0.255 e. The lowest BCUT2D eigenvalue weighted by Crippen LogP contribution is -2.42. The highest BCUT2D eigenvalue weighted by Gasteiger charge is 2.28. The fourth-order valence-corrected chi connectivity index (χ4v) is 3.92. The Hall–Kier alpha value is -2.97. The Balaban J connectivity index is 1.72. The Kier molecular flexibility index (Phi) is 6.20. The molecule has 1 saturated heterocycles. The average molecular weight is 445 g/mol. The molecule has 0 radical (unpaired) electrons. The second-order valence-corrected chi connectivity index (χ2v) is 7.49. The van der Waals surface area contributed by atoms with Crippen LogP contribution >= 0.6 is 11.6 Å². The van der Waals surface area contributed by atoms with E-state index in [1.54, 1.807) is 37.6 Å². The van der Waals surface area contributed by atoms with Gasteiger partial charge in [-0.2, -0.15) is 0 Å². The van der Waals surface area contributed by atoms with Gasteiger partial charge in [0.05, 0.1) is 31.6 Å². The number of morpholine rings is 1. The molecule has 1 aromatic carbocycles. The number of aromatic nitrogens is 3. The average Bonchev–Trinajstić information content (AvgIpc) is 2.76. The number of pyridine rings is 1. The summed E-state index contributed by atoms with van der Waals surface area (Å²) in [5, 5.41) is 0.306. The van der Waals surface area contributed by atoms with Gasteiger partial charge >= 0.3 is 0 Å². The number of hydrogen-bond acceptors (Lipinski definition) is 6. The first kappa shape index (κ1) is 21.3. The van der Waals surface area contributed by atoms with E-state index >= 15 is 0 Å². The summed E-state index contributed by atoms with van der Waals surface area (Å²) in [7, 11) is 1.66. The van der Waals surface area contributed by atoms with Gasteiger partial charge in [-0.25, -0.2) is 9.37 Å². The molecule has 9 heteroatoms. The molecule has 1 atom stereocenters. The minimum atomic E-state index is -0.581. The third kappa shape index (κ3) is 4.26. The molecular formula is C22H22ClFN4O3. The van der Waals surface area contributed by atoms with Gasteiger partial charge in [0, 0.05) is 42.0 Å². The number of nitrogens with zero attached hydrogens (tertiary/aromatic N) is 4. The second kappa shape index (κ2) is 9.03. The molecule has 1 fully saturated rings. The minimum absolute atomic E-state index is 0.216. The summed E-state index contributed by atoms with van der Waals surface area (Å²) >= 11 is 6.24. The van der Waals surface area contributed by atoms with Gasteiger partial charge in [-0.1, -0.05) is 17.7 Å². The van der Waals surface area contributed by atoms with E-state index in [1.165, 1.54) is 16.7 Å². The van der Waals surface area contributed by atoms with Crippen LogP contribution in [0.5, 0.6) is 5.75 Å². The highest BCUT2D eigenvalue weighted by atomic mass is 35.5. The molecule has 3 heterocycles. The third-order valence-electron chi connectivity index (χ3n) is 5.14. The van der Waals surface area contributed by atoms with Gasteiger partial charge in [-0.05, 0) is 25.1 Å². The maximum atomic E-state index is 14.4. The Bertz CT molecular complexity index is 1130. The van der Waals surface area contributed by atoms with Crippen molar-refractivity contribution in [3.63, 3.8) is 0 Å². The van der Waals surface area contributed by atoms with Crippen LogP contribution in [0.3, 0.4) is 0 Å². The number of halogens is 2. The summed E-state index contributed by atoms with van der Waals surface area (Å²) in [6, 6.07) is 7.78. The summed E-state index contributed by atoms with van der Waals surface area (Å²) in [6.07, 6.45) is 2.65. The van der Waals surface area contributed by atoms with Crippen LogP contribution in [0.4, 0.5) is 10.3 Å². The minimum Gasteiger partial charge on any atom is -0.492 e. The molecule has 7 nitrogen and oxygen atoms in total. The molecule has 0 bridgehead atoms. The van der Waals surface area contributed by atoms with Gasteiger partial charge in [0.25, 0.3) is 5.56 Å². The lowest BCUT2D eigenvalue weighted by Gasteiger charge is -2.35. The summed E-state index contributed by atoms with van der Waals surface area (Å²) < 4.78 is 27.4. The van der Waals surface area contributed by atoms with Crippen molar-refractivity contribution in [2.24, 2.45) is 7.05 Å². The molecule has 1 aliphatic rings. The Morgan fingerprint density at radius 2 is 2.19 bits per heavy atom. The Morgan fingerprint density at radius 3 is 2.97 bits per heavy atom. The molecular weight excluding hydrogens is 423 g/mol. The van der Waals surface area contributed by atoms with Gasteiger partial charge in [-0.3, -0.25) is 14.3 Å². The molecule has 0 aliphatic carbocycles. The van der Waals surface area contributed by atoms with Crippen LogP contribution in [0.1, 0.15) is 18.6 Å². The largest absolute Gasteiger partial charge is 0.492 e. The highest BCUT2D eigenvalue weighted by Crippen LogP contribution is 2.33. The summed E-state index contributed by atoms with van der Waals surface area (Å²) in [5.41, 5.74) is 1.25. The zero-order valence-corrected chi connectivity index (χ0v) is 18.0. The molecule has 0 spiro atoms. The van der Waals surface area contributed by atoms with E-state index in [1.807, 2.05) is 11.8 Å². The van der Waals surface area contributed by atoms with E-state index in [9.17, 15) is 9.18 Å². The summed E-state index contributed by atoms with van der Waals surface area (Å²) in [6.45, 7) is 3.49. The first-order valence-corrected chi connectivity index (χ1v) is 10.3. The van der Waals surface area contributed by atoms with Crippen LogP contribution in [0.25, 0.3) is 11.3 Å². The molecule has 0 N–H and O–H groups in total. The van der Waals surface area contributed by atoms with Gasteiger partial charge in [0.15, 0.2) is 0 Å². The number of rotatable bonds is 5. The van der Waals surface area contributed by atoms with Crippen molar-refractivity contribution < 1.29 is 13.9 Å². The Morgan fingerprint density at radius 1 is 1.35 bits per heavy atom.